The van der Waals surface area contributed by atoms with Crippen molar-refractivity contribution in [1.29, 1.82) is 0 Å². The van der Waals surface area contributed by atoms with Crippen LogP contribution in [0.25, 0.3) is 34.4 Å². The van der Waals surface area contributed by atoms with E-state index in [1.807, 2.05) is 0 Å². The minimum absolute atomic E-state index is 1.13. The van der Waals surface area contributed by atoms with Gasteiger partial charge in [-0.05, 0) is 125 Å². The Morgan fingerprint density at radius 1 is 0.315 bits per heavy atom. The molecular weight excluding hydrogens is 653 g/mol. The van der Waals surface area contributed by atoms with Crippen molar-refractivity contribution in [1.82, 2.24) is 0 Å². The van der Waals surface area contributed by atoms with Crippen LogP contribution in [0.15, 0.2) is 206 Å². The first-order valence-corrected chi connectivity index (χ1v) is 18.5. The van der Waals surface area contributed by atoms with Crippen LogP contribution in [0.5, 0.6) is 0 Å². The zero-order chi connectivity index (χ0) is 36.7. The molecule has 0 aliphatic heterocycles. The van der Waals surface area contributed by atoms with Gasteiger partial charge in [0.2, 0.25) is 0 Å². The molecule has 8 rings (SSSR count). The third-order valence-electron chi connectivity index (χ3n) is 9.85. The first kappa shape index (κ1) is 34.2. The van der Waals surface area contributed by atoms with Gasteiger partial charge in [0.05, 0.1) is 0 Å². The highest BCUT2D eigenvalue weighted by molar-refractivity contribution is 5.81. The number of hydrogen-bond acceptors (Lipinski definition) is 2. The van der Waals surface area contributed by atoms with E-state index < -0.39 is 0 Å². The standard InChI is InChI=1S/C52H42N2/c1-39-12-11-18-51(38-39)54(52-19-10-9-13-40(52)2)50-36-32-46(33-37-50)44-28-24-42(25-29-44)21-20-41-22-26-43(27-23-41)45-30-34-49(35-31-45)53(47-14-5-3-6-15-47)48-16-7-4-8-17-48/h3-38H,1-2H3/b21-20+. The molecule has 0 radical (unpaired) electrons. The molecule has 0 aliphatic carbocycles. The molecule has 0 unspecified atom stereocenters. The molecule has 0 saturated carbocycles. The fraction of sp³-hybridized carbons (Fsp3) is 0.0385. The predicted octanol–water partition coefficient (Wildman–Crippen LogP) is 14.7. The molecule has 0 spiro atoms. The molecule has 0 saturated heterocycles. The highest BCUT2D eigenvalue weighted by atomic mass is 15.1. The monoisotopic (exact) mass is 694 g/mol. The molecule has 2 heteroatoms. The molecule has 8 aromatic carbocycles. The summed E-state index contributed by atoms with van der Waals surface area (Å²) in [4.78, 5) is 4.63. The molecule has 0 aliphatic rings. The average molecular weight is 695 g/mol. The van der Waals surface area contributed by atoms with Crippen molar-refractivity contribution >= 4 is 46.3 Å². The maximum atomic E-state index is 2.34. The van der Waals surface area contributed by atoms with E-state index in [0.29, 0.717) is 0 Å². The molecule has 260 valence electrons. The van der Waals surface area contributed by atoms with Gasteiger partial charge in [0, 0.05) is 34.1 Å². The largest absolute Gasteiger partial charge is 0.311 e. The van der Waals surface area contributed by atoms with E-state index in [0.717, 1.165) is 28.4 Å². The number of aryl methyl sites for hydroxylation is 2. The van der Waals surface area contributed by atoms with Crippen molar-refractivity contribution in [2.75, 3.05) is 9.80 Å². The Labute approximate surface area is 319 Å². The molecule has 0 N–H and O–H groups in total. The van der Waals surface area contributed by atoms with Crippen molar-refractivity contribution in [3.8, 4) is 22.3 Å². The van der Waals surface area contributed by atoms with Crippen LogP contribution in [0, 0.1) is 13.8 Å². The summed E-state index contributed by atoms with van der Waals surface area (Å²) in [5.74, 6) is 0. The molecule has 0 bridgehead atoms. The fourth-order valence-corrected chi connectivity index (χ4v) is 6.98. The molecule has 2 nitrogen and oxygen atoms in total. The lowest BCUT2D eigenvalue weighted by molar-refractivity contribution is 1.24. The zero-order valence-corrected chi connectivity index (χ0v) is 30.7. The maximum Gasteiger partial charge on any atom is 0.0490 e. The lowest BCUT2D eigenvalue weighted by Gasteiger charge is -2.27. The molecule has 0 atom stereocenters. The summed E-state index contributed by atoms with van der Waals surface area (Å²) in [6.45, 7) is 4.31. The van der Waals surface area contributed by atoms with Gasteiger partial charge in [0.1, 0.15) is 0 Å². The SMILES string of the molecule is Cc1cccc(N(c2ccc(-c3ccc(/C=C/c4ccc(-c5ccc(N(c6ccccc6)c6ccccc6)cc5)cc4)cc3)cc2)c2ccccc2C)c1. The summed E-state index contributed by atoms with van der Waals surface area (Å²) in [5.41, 5.74) is 16.5. The first-order valence-electron chi connectivity index (χ1n) is 18.5. The minimum Gasteiger partial charge on any atom is -0.311 e. The quantitative estimate of drug-likeness (QED) is 0.132. The molecule has 54 heavy (non-hydrogen) atoms. The summed E-state index contributed by atoms with van der Waals surface area (Å²) >= 11 is 0. The second-order valence-corrected chi connectivity index (χ2v) is 13.6. The lowest BCUT2D eigenvalue weighted by atomic mass is 10.0. The van der Waals surface area contributed by atoms with Crippen LogP contribution in [0.1, 0.15) is 22.3 Å². The van der Waals surface area contributed by atoms with Crippen LogP contribution >= 0.6 is 0 Å². The zero-order valence-electron chi connectivity index (χ0n) is 30.7. The van der Waals surface area contributed by atoms with Crippen LogP contribution in [-0.4, -0.2) is 0 Å². The third kappa shape index (κ3) is 7.65. The highest BCUT2D eigenvalue weighted by Gasteiger charge is 2.15. The Hall–Kier alpha value is -6.90. The average Bonchev–Trinajstić information content (AvgIpc) is 3.23. The van der Waals surface area contributed by atoms with Crippen molar-refractivity contribution < 1.29 is 0 Å². The van der Waals surface area contributed by atoms with E-state index in [1.54, 1.807) is 0 Å². The van der Waals surface area contributed by atoms with Crippen molar-refractivity contribution in [2.24, 2.45) is 0 Å². The Balaban J connectivity index is 0.947. The van der Waals surface area contributed by atoms with Gasteiger partial charge in [0.25, 0.3) is 0 Å². The summed E-state index contributed by atoms with van der Waals surface area (Å²) < 4.78 is 0. The van der Waals surface area contributed by atoms with Gasteiger partial charge in [-0.3, -0.25) is 0 Å². The predicted molar refractivity (Wildman–Crippen MR) is 232 cm³/mol. The molecule has 0 aromatic heterocycles. The number of hydrogen-bond donors (Lipinski definition) is 0. The topological polar surface area (TPSA) is 6.48 Å². The minimum atomic E-state index is 1.13. The number of nitrogens with zero attached hydrogens (tertiary/aromatic N) is 2. The second kappa shape index (κ2) is 15.8. The Bertz CT molecular complexity index is 2430. The van der Waals surface area contributed by atoms with Gasteiger partial charge in [-0.25, -0.2) is 0 Å². The lowest BCUT2D eigenvalue weighted by Crippen LogP contribution is -2.11. The van der Waals surface area contributed by atoms with Gasteiger partial charge in [-0.2, -0.15) is 0 Å². The second-order valence-electron chi connectivity index (χ2n) is 13.6. The Morgan fingerprint density at radius 3 is 1.17 bits per heavy atom. The fourth-order valence-electron chi connectivity index (χ4n) is 6.98. The normalized spacial score (nSPS) is 11.1. The summed E-state index contributed by atoms with van der Waals surface area (Å²) in [6.07, 6.45) is 4.36. The van der Waals surface area contributed by atoms with Crippen LogP contribution in [0.3, 0.4) is 0 Å². The number of para-hydroxylation sites is 3. The summed E-state index contributed by atoms with van der Waals surface area (Å²) in [7, 11) is 0. The number of benzene rings is 8. The number of anilines is 6. The van der Waals surface area contributed by atoms with Crippen molar-refractivity contribution in [3.05, 3.63) is 229 Å². The van der Waals surface area contributed by atoms with Gasteiger partial charge < -0.3 is 9.80 Å². The van der Waals surface area contributed by atoms with E-state index in [4.69, 9.17) is 0 Å². The van der Waals surface area contributed by atoms with Gasteiger partial charge in [0.15, 0.2) is 0 Å². The van der Waals surface area contributed by atoms with E-state index in [9.17, 15) is 0 Å². The highest BCUT2D eigenvalue weighted by Crippen LogP contribution is 2.38. The summed E-state index contributed by atoms with van der Waals surface area (Å²) in [6, 6.07) is 73.6. The third-order valence-corrected chi connectivity index (χ3v) is 9.85. The van der Waals surface area contributed by atoms with Gasteiger partial charge >= 0.3 is 0 Å². The van der Waals surface area contributed by atoms with Crippen molar-refractivity contribution in [3.63, 3.8) is 0 Å². The first-order chi connectivity index (χ1) is 26.6. The molecule has 8 aromatic rings. The Morgan fingerprint density at radius 2 is 0.704 bits per heavy atom. The molecule has 0 heterocycles. The van der Waals surface area contributed by atoms with Crippen molar-refractivity contribution in [2.45, 2.75) is 13.8 Å². The van der Waals surface area contributed by atoms with E-state index >= 15 is 0 Å². The Kier molecular flexibility index (Phi) is 9.99. The van der Waals surface area contributed by atoms with Crippen LogP contribution < -0.4 is 9.80 Å². The van der Waals surface area contributed by atoms with Gasteiger partial charge in [-0.15, -0.1) is 0 Å². The molecular formula is C52H42N2. The summed E-state index contributed by atoms with van der Waals surface area (Å²) in [5, 5.41) is 0. The van der Waals surface area contributed by atoms with Crippen LogP contribution in [-0.2, 0) is 0 Å². The number of rotatable bonds is 10. The van der Waals surface area contributed by atoms with E-state index in [1.165, 1.54) is 50.2 Å². The van der Waals surface area contributed by atoms with Gasteiger partial charge in [-0.1, -0.05) is 152 Å². The van der Waals surface area contributed by atoms with Crippen LogP contribution in [0.2, 0.25) is 0 Å². The van der Waals surface area contributed by atoms with Crippen LogP contribution in [0.4, 0.5) is 34.1 Å². The molecule has 0 fully saturated rings. The van der Waals surface area contributed by atoms with E-state index in [-0.39, 0.29) is 0 Å². The maximum absolute atomic E-state index is 2.34. The van der Waals surface area contributed by atoms with E-state index in [2.05, 4.69) is 242 Å². The molecule has 0 amide bonds. The smallest absolute Gasteiger partial charge is 0.0490 e.